The van der Waals surface area contributed by atoms with E-state index in [0.717, 1.165) is 24.3 Å². The molecule has 1 atom stereocenters. The predicted octanol–water partition coefficient (Wildman–Crippen LogP) is 6.34. The maximum Gasteiger partial charge on any atom is 0.573 e. The monoisotopic (exact) mass is 581 g/mol. The number of ether oxygens (including phenoxy) is 1. The number of carboxylic acid groups (broad SMARTS) is 1. The number of benzene rings is 3. The van der Waals surface area contributed by atoms with E-state index in [0.29, 0.717) is 5.56 Å². The van der Waals surface area contributed by atoms with E-state index in [1.165, 1.54) is 42.5 Å². The molecule has 204 valence electrons. The number of carboxylic acids is 1. The minimum Gasteiger partial charge on any atom is -0.481 e. The van der Waals surface area contributed by atoms with Gasteiger partial charge in [-0.25, -0.2) is 0 Å². The first-order valence-electron chi connectivity index (χ1n) is 11.3. The Hall–Kier alpha value is -3.89. The Morgan fingerprint density at radius 3 is 2.00 bits per heavy atom. The Morgan fingerprint density at radius 2 is 1.44 bits per heavy atom. The molecule has 0 spiro atoms. The summed E-state index contributed by atoms with van der Waals surface area (Å²) >= 11 is 11.9. The van der Waals surface area contributed by atoms with Gasteiger partial charge < -0.3 is 15.2 Å². The lowest BCUT2D eigenvalue weighted by atomic mass is 9.85. The number of rotatable bonds is 11. The lowest BCUT2D eigenvalue weighted by Gasteiger charge is -2.17. The average Bonchev–Trinajstić information content (AvgIpc) is 2.87. The van der Waals surface area contributed by atoms with E-state index in [1.54, 1.807) is 0 Å². The smallest absolute Gasteiger partial charge is 0.481 e. The normalized spacial score (nSPS) is 11.9. The van der Waals surface area contributed by atoms with Crippen LogP contribution < -0.4 is 10.1 Å². The molecule has 0 heterocycles. The van der Waals surface area contributed by atoms with Crippen molar-refractivity contribution >= 4 is 46.6 Å². The van der Waals surface area contributed by atoms with Gasteiger partial charge in [-0.1, -0.05) is 35.3 Å². The molecule has 0 aliphatic rings. The summed E-state index contributed by atoms with van der Waals surface area (Å²) in [5, 5.41) is 11.5. The first-order chi connectivity index (χ1) is 18.3. The molecular formula is C27H20Cl2F3NO6. The van der Waals surface area contributed by atoms with Gasteiger partial charge in [0.05, 0.1) is 22.4 Å². The Labute approximate surface area is 230 Å². The number of ketones is 2. The standard InChI is InChI=1S/C27H20Cl2F3NO6/c28-21-10-7-18(13-22(21)29)23(34)14-20(25(37)16-5-8-19(9-6-16)39-27(30,31)32)15-1-3-17(4-2-15)26(38)33-12-11-24(35)36/h1-10,13,20H,11-12,14H2,(H,33,38)(H,35,36). The van der Waals surface area contributed by atoms with Crippen molar-refractivity contribution in [3.63, 3.8) is 0 Å². The van der Waals surface area contributed by atoms with Gasteiger partial charge in [0.15, 0.2) is 11.6 Å². The van der Waals surface area contributed by atoms with Crippen molar-refractivity contribution in [3.8, 4) is 5.75 Å². The van der Waals surface area contributed by atoms with Gasteiger partial charge in [0.2, 0.25) is 0 Å². The second-order valence-corrected chi connectivity index (χ2v) is 9.08. The summed E-state index contributed by atoms with van der Waals surface area (Å²) in [7, 11) is 0. The molecule has 0 fully saturated rings. The maximum absolute atomic E-state index is 13.5. The minimum atomic E-state index is -4.90. The summed E-state index contributed by atoms with van der Waals surface area (Å²) in [6, 6.07) is 14.3. The predicted molar refractivity (Wildman–Crippen MR) is 137 cm³/mol. The fourth-order valence-electron chi connectivity index (χ4n) is 3.61. The third-order valence-corrected chi connectivity index (χ3v) is 6.26. The summed E-state index contributed by atoms with van der Waals surface area (Å²) in [4.78, 5) is 49.4. The van der Waals surface area contributed by atoms with E-state index in [2.05, 4.69) is 10.1 Å². The molecule has 0 saturated carbocycles. The number of aliphatic carboxylic acids is 1. The molecule has 1 unspecified atom stereocenters. The number of Topliss-reactive ketones (excluding diaryl/α,β-unsaturated/α-hetero) is 2. The highest BCUT2D eigenvalue weighted by Crippen LogP contribution is 2.30. The lowest BCUT2D eigenvalue weighted by molar-refractivity contribution is -0.274. The Morgan fingerprint density at radius 1 is 0.846 bits per heavy atom. The van der Waals surface area contributed by atoms with Gasteiger partial charge in [0, 0.05) is 29.7 Å². The van der Waals surface area contributed by atoms with Crippen LogP contribution in [0.4, 0.5) is 13.2 Å². The van der Waals surface area contributed by atoms with Crippen LogP contribution in [0.15, 0.2) is 66.7 Å². The number of carbonyl (C=O) groups is 4. The number of carbonyl (C=O) groups excluding carboxylic acids is 3. The summed E-state index contributed by atoms with van der Waals surface area (Å²) in [6.07, 6.45) is -5.48. The lowest BCUT2D eigenvalue weighted by Crippen LogP contribution is -2.26. The SMILES string of the molecule is O=C(O)CCNC(=O)c1ccc(C(CC(=O)c2ccc(Cl)c(Cl)c2)C(=O)c2ccc(OC(F)(F)F)cc2)cc1. The molecule has 3 rings (SSSR count). The molecule has 2 N–H and O–H groups in total. The van der Waals surface area contributed by atoms with Crippen LogP contribution in [0, 0.1) is 0 Å². The van der Waals surface area contributed by atoms with Gasteiger partial charge in [0.25, 0.3) is 5.91 Å². The van der Waals surface area contributed by atoms with Gasteiger partial charge in [-0.05, 0) is 60.2 Å². The van der Waals surface area contributed by atoms with Crippen molar-refractivity contribution in [1.82, 2.24) is 5.32 Å². The van der Waals surface area contributed by atoms with E-state index in [4.69, 9.17) is 28.3 Å². The fourth-order valence-corrected chi connectivity index (χ4v) is 3.91. The van der Waals surface area contributed by atoms with E-state index >= 15 is 0 Å². The second kappa shape index (κ2) is 12.8. The van der Waals surface area contributed by atoms with Gasteiger partial charge >= 0.3 is 12.3 Å². The zero-order valence-corrected chi connectivity index (χ0v) is 21.4. The van der Waals surface area contributed by atoms with Crippen molar-refractivity contribution in [2.75, 3.05) is 6.54 Å². The van der Waals surface area contributed by atoms with E-state index in [1.807, 2.05) is 0 Å². The molecular weight excluding hydrogens is 562 g/mol. The quantitative estimate of drug-likeness (QED) is 0.256. The summed E-state index contributed by atoms with van der Waals surface area (Å²) < 4.78 is 41.4. The van der Waals surface area contributed by atoms with Gasteiger partial charge in [-0.3, -0.25) is 19.2 Å². The summed E-state index contributed by atoms with van der Waals surface area (Å²) in [5.41, 5.74) is 0.795. The Kier molecular flexibility index (Phi) is 9.71. The van der Waals surface area contributed by atoms with Crippen LogP contribution in [0.2, 0.25) is 10.0 Å². The highest BCUT2D eigenvalue weighted by molar-refractivity contribution is 6.42. The summed E-state index contributed by atoms with van der Waals surface area (Å²) in [6.45, 7) is -0.0801. The number of halogens is 5. The molecule has 3 aromatic rings. The molecule has 3 aromatic carbocycles. The first-order valence-corrected chi connectivity index (χ1v) is 12.1. The molecule has 39 heavy (non-hydrogen) atoms. The minimum absolute atomic E-state index is 0.0342. The molecule has 0 aliphatic carbocycles. The maximum atomic E-state index is 13.5. The third kappa shape index (κ3) is 8.56. The second-order valence-electron chi connectivity index (χ2n) is 8.27. The van der Waals surface area contributed by atoms with Crippen molar-refractivity contribution < 1.29 is 42.2 Å². The largest absolute Gasteiger partial charge is 0.573 e. The number of hydrogen-bond acceptors (Lipinski definition) is 5. The Balaban J connectivity index is 1.88. The van der Waals surface area contributed by atoms with Gasteiger partial charge in [-0.2, -0.15) is 0 Å². The van der Waals surface area contributed by atoms with E-state index in [-0.39, 0.29) is 46.1 Å². The summed E-state index contributed by atoms with van der Waals surface area (Å²) in [5.74, 6) is -4.18. The molecule has 12 heteroatoms. The van der Waals surface area contributed by atoms with Crippen molar-refractivity contribution in [2.45, 2.75) is 25.1 Å². The van der Waals surface area contributed by atoms with Crippen molar-refractivity contribution in [3.05, 3.63) is 99.0 Å². The Bertz CT molecular complexity index is 1380. The number of alkyl halides is 3. The van der Waals surface area contributed by atoms with Crippen molar-refractivity contribution in [2.24, 2.45) is 0 Å². The van der Waals surface area contributed by atoms with Crippen LogP contribution in [-0.2, 0) is 4.79 Å². The van der Waals surface area contributed by atoms with Gasteiger partial charge in [0.1, 0.15) is 5.75 Å². The van der Waals surface area contributed by atoms with Gasteiger partial charge in [-0.15, -0.1) is 13.2 Å². The van der Waals surface area contributed by atoms with Crippen LogP contribution in [0.25, 0.3) is 0 Å². The average molecular weight is 582 g/mol. The van der Waals surface area contributed by atoms with E-state index in [9.17, 15) is 32.3 Å². The molecule has 1 amide bonds. The fraction of sp³-hybridized carbons (Fsp3) is 0.185. The highest BCUT2D eigenvalue weighted by atomic mass is 35.5. The third-order valence-electron chi connectivity index (χ3n) is 5.52. The molecule has 7 nitrogen and oxygen atoms in total. The van der Waals surface area contributed by atoms with Crippen LogP contribution in [0.5, 0.6) is 5.75 Å². The van der Waals surface area contributed by atoms with Crippen LogP contribution in [-0.4, -0.2) is 41.5 Å². The first kappa shape index (κ1) is 29.7. The zero-order chi connectivity index (χ0) is 28.7. The highest BCUT2D eigenvalue weighted by Gasteiger charge is 2.31. The number of hydrogen-bond donors (Lipinski definition) is 2. The number of amides is 1. The molecule has 0 radical (unpaired) electrons. The van der Waals surface area contributed by atoms with Crippen LogP contribution in [0.1, 0.15) is 55.4 Å². The molecule has 0 bridgehead atoms. The zero-order valence-electron chi connectivity index (χ0n) is 19.9. The molecule has 0 saturated heterocycles. The molecule has 0 aromatic heterocycles. The van der Waals surface area contributed by atoms with E-state index < -0.39 is 41.5 Å². The molecule has 0 aliphatic heterocycles. The van der Waals surface area contributed by atoms with Crippen LogP contribution in [0.3, 0.4) is 0 Å². The van der Waals surface area contributed by atoms with Crippen molar-refractivity contribution in [1.29, 1.82) is 0 Å². The van der Waals surface area contributed by atoms with Crippen LogP contribution >= 0.6 is 23.2 Å². The number of nitrogens with one attached hydrogen (secondary N) is 1. The topological polar surface area (TPSA) is 110 Å².